The summed E-state index contributed by atoms with van der Waals surface area (Å²) >= 11 is 0. The summed E-state index contributed by atoms with van der Waals surface area (Å²) in [6, 6.07) is 0. The second-order valence-corrected chi connectivity index (χ2v) is 16.1. The van der Waals surface area contributed by atoms with Crippen molar-refractivity contribution >= 4 is 19.7 Å². The smallest absolute Gasteiger partial charge is 0.183 e. The second kappa shape index (κ2) is 5.60. The summed E-state index contributed by atoms with van der Waals surface area (Å²) in [7, 11) is -7.58. The van der Waals surface area contributed by atoms with E-state index in [0.29, 0.717) is 11.8 Å². The first-order valence-corrected chi connectivity index (χ1v) is 13.0. The third-order valence-electron chi connectivity index (χ3n) is 7.23. The molecule has 6 atom stereocenters. The van der Waals surface area contributed by atoms with E-state index >= 15 is 0 Å². The monoisotopic (exact) mass is 416 g/mol. The Hall–Kier alpha value is -0.400. The first-order valence-electron chi connectivity index (χ1n) is 10.1. The van der Waals surface area contributed by atoms with E-state index in [1.54, 1.807) is 41.5 Å². The molecular formula is C20H32O5S2. The van der Waals surface area contributed by atoms with Crippen LogP contribution < -0.4 is 0 Å². The second-order valence-electron chi connectivity index (χ2n) is 10.8. The van der Waals surface area contributed by atoms with E-state index in [9.17, 15) is 16.8 Å². The molecule has 0 radical (unpaired) electrons. The van der Waals surface area contributed by atoms with E-state index in [0.717, 1.165) is 25.7 Å². The molecule has 4 bridgehead atoms. The average molecular weight is 417 g/mol. The Bertz CT molecular complexity index is 827. The van der Waals surface area contributed by atoms with Crippen LogP contribution in [0, 0.1) is 23.7 Å². The van der Waals surface area contributed by atoms with Gasteiger partial charge in [0.1, 0.15) is 0 Å². The minimum atomic E-state index is -3.79. The lowest BCUT2D eigenvalue weighted by atomic mass is 9.79. The molecule has 0 unspecified atom stereocenters. The summed E-state index contributed by atoms with van der Waals surface area (Å²) in [5.74, 6) is 1.25. The maximum Gasteiger partial charge on any atom is 0.183 e. The van der Waals surface area contributed by atoms with E-state index in [1.165, 1.54) is 0 Å². The van der Waals surface area contributed by atoms with Crippen molar-refractivity contribution in [2.75, 3.05) is 0 Å². The highest BCUT2D eigenvalue weighted by atomic mass is 32.2. The maximum absolute atomic E-state index is 13.5. The molecule has 3 fully saturated rings. The highest BCUT2D eigenvalue weighted by Crippen LogP contribution is 2.64. The Kier molecular flexibility index (Phi) is 4.13. The average Bonchev–Trinajstić information content (AvgIpc) is 3.14. The Balaban J connectivity index is 1.97. The molecule has 7 heteroatoms. The molecule has 2 aliphatic carbocycles. The quantitative estimate of drug-likeness (QED) is 0.689. The third-order valence-corrected chi connectivity index (χ3v) is 12.6. The fraction of sp³-hybridized carbons (Fsp3) is 0.900. The summed E-state index contributed by atoms with van der Waals surface area (Å²) in [4.78, 5) is 0.174. The zero-order chi connectivity index (χ0) is 20.2. The molecule has 0 aromatic carbocycles. The first kappa shape index (κ1) is 19.9. The third kappa shape index (κ3) is 2.49. The molecule has 0 amide bonds. The van der Waals surface area contributed by atoms with Crippen LogP contribution in [0.4, 0.5) is 0 Å². The summed E-state index contributed by atoms with van der Waals surface area (Å²) in [6.45, 7) is 9.88. The van der Waals surface area contributed by atoms with Gasteiger partial charge in [0.05, 0.1) is 31.5 Å². The van der Waals surface area contributed by atoms with Gasteiger partial charge in [-0.15, -0.1) is 0 Å². The predicted octanol–water partition coefficient (Wildman–Crippen LogP) is 3.46. The van der Waals surface area contributed by atoms with Gasteiger partial charge in [-0.05, 0) is 71.6 Å². The van der Waals surface area contributed by atoms with Gasteiger partial charge in [-0.2, -0.15) is 0 Å². The van der Waals surface area contributed by atoms with Gasteiger partial charge in [0.25, 0.3) is 0 Å². The highest BCUT2D eigenvalue weighted by molar-refractivity contribution is 8.00. The van der Waals surface area contributed by atoms with Crippen LogP contribution in [0.1, 0.15) is 67.2 Å². The lowest BCUT2D eigenvalue weighted by Gasteiger charge is -2.34. The summed E-state index contributed by atoms with van der Waals surface area (Å²) in [5.41, 5.74) is 0. The van der Waals surface area contributed by atoms with Crippen molar-refractivity contribution in [2.45, 2.75) is 88.9 Å². The lowest BCUT2D eigenvalue weighted by Crippen LogP contribution is -2.42. The molecule has 0 spiro atoms. The number of fused-ring (bicyclic) bond motifs is 9. The molecule has 4 aliphatic rings. The van der Waals surface area contributed by atoms with E-state index in [1.807, 2.05) is 0 Å². The molecule has 2 aliphatic heterocycles. The van der Waals surface area contributed by atoms with Crippen molar-refractivity contribution in [3.63, 3.8) is 0 Å². The maximum atomic E-state index is 13.5. The van der Waals surface area contributed by atoms with Crippen molar-refractivity contribution < 1.29 is 21.6 Å². The standard InChI is InChI=1S/C20H32O5S2/c1-19(2,3)26(21,22)17-15-13-11-8-7-9-12(10-11)14(13)16(25-15)18(17)27(23,24)20(4,5)6/h11-16H,7-10H2,1-6H3/t11-,12+,13-,14+,15+,16-. The molecule has 0 N–H and O–H groups in total. The molecule has 0 aromatic heterocycles. The van der Waals surface area contributed by atoms with Gasteiger partial charge in [-0.3, -0.25) is 0 Å². The molecule has 2 saturated carbocycles. The van der Waals surface area contributed by atoms with Gasteiger partial charge in [0, 0.05) is 0 Å². The molecule has 4 rings (SSSR count). The summed E-state index contributed by atoms with van der Waals surface area (Å²) in [5, 5.41) is 0. The van der Waals surface area contributed by atoms with Crippen molar-refractivity contribution in [1.82, 2.24) is 0 Å². The number of ether oxygens (including phenoxy) is 1. The SMILES string of the molecule is CC(C)(C)S(=O)(=O)C1=C(S(=O)(=O)C(C)(C)C)[C@@H]2O[C@H]1[C@@H]1[C@@H]3CCC[C@@H](C3)[C@@H]12. The van der Waals surface area contributed by atoms with Gasteiger partial charge in [-0.25, -0.2) is 16.8 Å². The molecule has 2 heterocycles. The zero-order valence-corrected chi connectivity index (χ0v) is 18.8. The minimum Gasteiger partial charge on any atom is -0.363 e. The van der Waals surface area contributed by atoms with Crippen molar-refractivity contribution in [3.05, 3.63) is 9.81 Å². The van der Waals surface area contributed by atoms with Crippen molar-refractivity contribution in [3.8, 4) is 0 Å². The van der Waals surface area contributed by atoms with Crippen LogP contribution in [0.3, 0.4) is 0 Å². The Morgan fingerprint density at radius 1 is 0.741 bits per heavy atom. The van der Waals surface area contributed by atoms with E-state index in [4.69, 9.17) is 4.74 Å². The van der Waals surface area contributed by atoms with Gasteiger partial charge in [0.2, 0.25) is 0 Å². The number of rotatable bonds is 2. The first-order chi connectivity index (χ1) is 12.2. The van der Waals surface area contributed by atoms with Crippen LogP contribution in [-0.2, 0) is 24.4 Å². The van der Waals surface area contributed by atoms with Gasteiger partial charge >= 0.3 is 0 Å². The van der Waals surface area contributed by atoms with Gasteiger partial charge in [0.15, 0.2) is 19.7 Å². The van der Waals surface area contributed by atoms with Crippen molar-refractivity contribution in [2.24, 2.45) is 23.7 Å². The number of hydrogen-bond donors (Lipinski definition) is 0. The van der Waals surface area contributed by atoms with Crippen LogP contribution in [0.25, 0.3) is 0 Å². The van der Waals surface area contributed by atoms with E-state index < -0.39 is 41.4 Å². The van der Waals surface area contributed by atoms with Crippen LogP contribution in [0.5, 0.6) is 0 Å². The van der Waals surface area contributed by atoms with Gasteiger partial charge in [-0.1, -0.05) is 19.3 Å². The Morgan fingerprint density at radius 3 is 1.44 bits per heavy atom. The molecule has 0 aromatic rings. The van der Waals surface area contributed by atoms with E-state index in [-0.39, 0.29) is 21.6 Å². The van der Waals surface area contributed by atoms with Crippen LogP contribution in [-0.4, -0.2) is 38.5 Å². The normalized spacial score (nSPS) is 39.2. The number of sulfone groups is 2. The fourth-order valence-corrected chi connectivity index (χ4v) is 9.59. The largest absolute Gasteiger partial charge is 0.363 e. The Labute approximate surface area is 163 Å². The van der Waals surface area contributed by atoms with E-state index in [2.05, 4.69) is 0 Å². The summed E-state index contributed by atoms with van der Waals surface area (Å²) < 4.78 is 58.1. The van der Waals surface area contributed by atoms with Crippen LogP contribution in [0.15, 0.2) is 9.81 Å². The fourth-order valence-electron chi connectivity index (χ4n) is 5.82. The van der Waals surface area contributed by atoms with Crippen LogP contribution >= 0.6 is 0 Å². The predicted molar refractivity (Wildman–Crippen MR) is 105 cm³/mol. The molecule has 27 heavy (non-hydrogen) atoms. The van der Waals surface area contributed by atoms with Gasteiger partial charge < -0.3 is 4.74 Å². The molecule has 1 saturated heterocycles. The topological polar surface area (TPSA) is 77.5 Å². The highest BCUT2D eigenvalue weighted by Gasteiger charge is 2.67. The molecule has 5 nitrogen and oxygen atoms in total. The summed E-state index contributed by atoms with van der Waals surface area (Å²) in [6.07, 6.45) is 3.30. The zero-order valence-electron chi connectivity index (χ0n) is 17.2. The van der Waals surface area contributed by atoms with Crippen LogP contribution in [0.2, 0.25) is 0 Å². The number of hydrogen-bond acceptors (Lipinski definition) is 5. The Morgan fingerprint density at radius 2 is 1.11 bits per heavy atom. The van der Waals surface area contributed by atoms with Crippen molar-refractivity contribution in [1.29, 1.82) is 0 Å². The minimum absolute atomic E-state index is 0.0868. The molecular weight excluding hydrogens is 384 g/mol. The lowest BCUT2D eigenvalue weighted by molar-refractivity contribution is 0.0705. The molecule has 154 valence electrons.